The second-order valence-electron chi connectivity index (χ2n) is 4.26. The SMILES string of the molecule is O=C(CN1CCC(O)C1)c1cc(F)ccc1O. The van der Waals surface area contributed by atoms with E-state index in [2.05, 4.69) is 0 Å². The Morgan fingerprint density at radius 2 is 2.29 bits per heavy atom. The molecule has 1 aromatic carbocycles. The lowest BCUT2D eigenvalue weighted by Crippen LogP contribution is -2.28. The average Bonchev–Trinajstić information content (AvgIpc) is 2.67. The molecule has 0 bridgehead atoms. The number of phenols is 1. The summed E-state index contributed by atoms with van der Waals surface area (Å²) in [6.45, 7) is 1.18. The van der Waals surface area contributed by atoms with E-state index in [9.17, 15) is 19.4 Å². The zero-order valence-corrected chi connectivity index (χ0v) is 9.27. The lowest BCUT2D eigenvalue weighted by molar-refractivity contribution is 0.0931. The highest BCUT2D eigenvalue weighted by atomic mass is 19.1. The first-order valence-electron chi connectivity index (χ1n) is 5.48. The minimum absolute atomic E-state index is 0.00797. The number of ketones is 1. The normalized spacial score (nSPS) is 20.7. The van der Waals surface area contributed by atoms with Gasteiger partial charge in [-0.25, -0.2) is 4.39 Å². The average molecular weight is 239 g/mol. The number of hydrogen-bond donors (Lipinski definition) is 2. The number of halogens is 1. The first-order chi connectivity index (χ1) is 8.06. The number of β-amino-alcohol motifs (C(OH)–C–C–N with tert-alkyl or cyclic N) is 1. The molecule has 0 radical (unpaired) electrons. The van der Waals surface area contributed by atoms with E-state index in [1.165, 1.54) is 6.07 Å². The molecule has 2 rings (SSSR count). The third kappa shape index (κ3) is 2.81. The van der Waals surface area contributed by atoms with Crippen LogP contribution in [0.3, 0.4) is 0 Å². The zero-order valence-electron chi connectivity index (χ0n) is 9.27. The first-order valence-corrected chi connectivity index (χ1v) is 5.48. The van der Waals surface area contributed by atoms with Gasteiger partial charge in [-0.05, 0) is 24.6 Å². The molecule has 92 valence electrons. The second-order valence-corrected chi connectivity index (χ2v) is 4.26. The fourth-order valence-electron chi connectivity index (χ4n) is 1.98. The molecule has 1 fully saturated rings. The summed E-state index contributed by atoms with van der Waals surface area (Å²) in [5, 5.41) is 18.8. The molecule has 0 amide bonds. The van der Waals surface area contributed by atoms with Crippen molar-refractivity contribution >= 4 is 5.78 Å². The number of hydrogen-bond acceptors (Lipinski definition) is 4. The van der Waals surface area contributed by atoms with Gasteiger partial charge in [-0.15, -0.1) is 0 Å². The van der Waals surface area contributed by atoms with Crippen LogP contribution < -0.4 is 0 Å². The number of aliphatic hydroxyl groups is 1. The van der Waals surface area contributed by atoms with Crippen LogP contribution in [0.15, 0.2) is 18.2 Å². The topological polar surface area (TPSA) is 60.8 Å². The van der Waals surface area contributed by atoms with Crippen LogP contribution in [0.1, 0.15) is 16.8 Å². The van der Waals surface area contributed by atoms with Crippen LogP contribution in [0.2, 0.25) is 0 Å². The maximum absolute atomic E-state index is 13.0. The number of aromatic hydroxyl groups is 1. The standard InChI is InChI=1S/C12H14FNO3/c13-8-1-2-11(16)10(5-8)12(17)7-14-4-3-9(15)6-14/h1-2,5,9,15-16H,3-4,6-7H2. The largest absolute Gasteiger partial charge is 0.507 e. The molecule has 1 unspecified atom stereocenters. The van der Waals surface area contributed by atoms with Gasteiger partial charge in [-0.3, -0.25) is 9.69 Å². The van der Waals surface area contributed by atoms with Gasteiger partial charge in [0.15, 0.2) is 5.78 Å². The minimum atomic E-state index is -0.549. The van der Waals surface area contributed by atoms with Crippen molar-refractivity contribution in [3.8, 4) is 5.75 Å². The molecule has 1 aromatic rings. The Labute approximate surface area is 98.3 Å². The van der Waals surface area contributed by atoms with E-state index in [4.69, 9.17) is 0 Å². The highest BCUT2D eigenvalue weighted by molar-refractivity contribution is 6.00. The Hall–Kier alpha value is -1.46. The highest BCUT2D eigenvalue weighted by Crippen LogP contribution is 2.19. The van der Waals surface area contributed by atoms with Crippen LogP contribution in [0.5, 0.6) is 5.75 Å². The number of Topliss-reactive ketones (excluding diaryl/α,β-unsaturated/α-hetero) is 1. The van der Waals surface area contributed by atoms with E-state index >= 15 is 0 Å². The van der Waals surface area contributed by atoms with E-state index in [1.807, 2.05) is 0 Å². The van der Waals surface area contributed by atoms with Crippen LogP contribution in [0.4, 0.5) is 4.39 Å². The van der Waals surface area contributed by atoms with E-state index < -0.39 is 11.9 Å². The molecule has 0 spiro atoms. The van der Waals surface area contributed by atoms with Gasteiger partial charge in [-0.1, -0.05) is 0 Å². The van der Waals surface area contributed by atoms with Crippen molar-refractivity contribution < 1.29 is 19.4 Å². The molecule has 1 heterocycles. The highest BCUT2D eigenvalue weighted by Gasteiger charge is 2.23. The number of likely N-dealkylation sites (tertiary alicyclic amines) is 1. The van der Waals surface area contributed by atoms with Crippen LogP contribution in [-0.4, -0.2) is 46.6 Å². The molecular weight excluding hydrogens is 225 g/mol. The second kappa shape index (κ2) is 4.81. The third-order valence-corrected chi connectivity index (χ3v) is 2.87. The molecule has 0 saturated carbocycles. The monoisotopic (exact) mass is 239 g/mol. The van der Waals surface area contributed by atoms with Crippen LogP contribution in [0, 0.1) is 5.82 Å². The van der Waals surface area contributed by atoms with E-state index in [1.54, 1.807) is 4.90 Å². The van der Waals surface area contributed by atoms with Crippen LogP contribution in [-0.2, 0) is 0 Å². The molecule has 0 aromatic heterocycles. The van der Waals surface area contributed by atoms with Gasteiger partial charge in [0.1, 0.15) is 11.6 Å². The molecule has 1 saturated heterocycles. The Morgan fingerprint density at radius 3 is 2.94 bits per heavy atom. The number of carbonyl (C=O) groups excluding carboxylic acids is 1. The van der Waals surface area contributed by atoms with Crippen molar-refractivity contribution in [1.29, 1.82) is 0 Å². The maximum Gasteiger partial charge on any atom is 0.180 e. The van der Waals surface area contributed by atoms with Crippen molar-refractivity contribution in [2.75, 3.05) is 19.6 Å². The first kappa shape index (κ1) is 12.0. The number of rotatable bonds is 3. The van der Waals surface area contributed by atoms with Crippen LogP contribution >= 0.6 is 0 Å². The fraction of sp³-hybridized carbons (Fsp3) is 0.417. The smallest absolute Gasteiger partial charge is 0.180 e. The zero-order chi connectivity index (χ0) is 12.4. The maximum atomic E-state index is 13.0. The molecular formula is C12H14FNO3. The molecule has 4 nitrogen and oxygen atoms in total. The van der Waals surface area contributed by atoms with Crippen molar-refractivity contribution in [3.05, 3.63) is 29.6 Å². The molecule has 17 heavy (non-hydrogen) atoms. The summed E-state index contributed by atoms with van der Waals surface area (Å²) < 4.78 is 13.0. The lowest BCUT2D eigenvalue weighted by Gasteiger charge is -2.14. The van der Waals surface area contributed by atoms with E-state index in [-0.39, 0.29) is 23.6 Å². The predicted octanol–water partition coefficient (Wildman–Crippen LogP) is 0.781. The van der Waals surface area contributed by atoms with Gasteiger partial charge < -0.3 is 10.2 Å². The van der Waals surface area contributed by atoms with Crippen LogP contribution in [0.25, 0.3) is 0 Å². The van der Waals surface area contributed by atoms with Crippen molar-refractivity contribution in [1.82, 2.24) is 4.90 Å². The van der Waals surface area contributed by atoms with Gasteiger partial charge >= 0.3 is 0 Å². The number of nitrogens with zero attached hydrogens (tertiary/aromatic N) is 1. The van der Waals surface area contributed by atoms with Gasteiger partial charge in [0.25, 0.3) is 0 Å². The van der Waals surface area contributed by atoms with Crippen molar-refractivity contribution in [2.24, 2.45) is 0 Å². The third-order valence-electron chi connectivity index (χ3n) is 2.87. The number of carbonyl (C=O) groups is 1. The quantitative estimate of drug-likeness (QED) is 0.765. The molecule has 1 aliphatic heterocycles. The van der Waals surface area contributed by atoms with Gasteiger partial charge in [0, 0.05) is 13.1 Å². The molecule has 2 N–H and O–H groups in total. The fourth-order valence-corrected chi connectivity index (χ4v) is 1.98. The Balaban J connectivity index is 2.06. The van der Waals surface area contributed by atoms with Gasteiger partial charge in [-0.2, -0.15) is 0 Å². The summed E-state index contributed by atoms with van der Waals surface area (Å²) in [6, 6.07) is 3.30. The lowest BCUT2D eigenvalue weighted by atomic mass is 10.1. The summed E-state index contributed by atoms with van der Waals surface area (Å²) in [4.78, 5) is 13.6. The molecule has 0 aliphatic carbocycles. The molecule has 1 atom stereocenters. The summed E-state index contributed by atoms with van der Waals surface area (Å²) in [7, 11) is 0. The summed E-state index contributed by atoms with van der Waals surface area (Å²) in [5.41, 5.74) is -0.00797. The summed E-state index contributed by atoms with van der Waals surface area (Å²) >= 11 is 0. The number of phenolic OH excluding ortho intramolecular Hbond substituents is 1. The molecule has 5 heteroatoms. The number of aliphatic hydroxyl groups excluding tert-OH is 1. The Kier molecular flexibility index (Phi) is 3.40. The van der Waals surface area contributed by atoms with Gasteiger partial charge in [0.2, 0.25) is 0 Å². The van der Waals surface area contributed by atoms with Crippen molar-refractivity contribution in [2.45, 2.75) is 12.5 Å². The van der Waals surface area contributed by atoms with Crippen molar-refractivity contribution in [3.63, 3.8) is 0 Å². The summed E-state index contributed by atoms with van der Waals surface area (Å²) in [5.74, 6) is -1.10. The van der Waals surface area contributed by atoms with Gasteiger partial charge in [0.05, 0.1) is 18.2 Å². The Morgan fingerprint density at radius 1 is 1.53 bits per heavy atom. The molecule has 1 aliphatic rings. The Bertz CT molecular complexity index is 436. The minimum Gasteiger partial charge on any atom is -0.507 e. The number of benzene rings is 1. The summed E-state index contributed by atoms with van der Waals surface area (Å²) in [6.07, 6.45) is 0.242. The predicted molar refractivity (Wildman–Crippen MR) is 59.5 cm³/mol. The van der Waals surface area contributed by atoms with E-state index in [0.717, 1.165) is 12.1 Å². The van der Waals surface area contributed by atoms with E-state index in [0.29, 0.717) is 19.5 Å².